The molecule has 1 aromatic heterocycles. The Balaban J connectivity index is 1.69. The molecule has 0 fully saturated rings. The fourth-order valence-corrected chi connectivity index (χ4v) is 3.86. The summed E-state index contributed by atoms with van der Waals surface area (Å²) < 4.78 is 40.5. The first-order chi connectivity index (χ1) is 13.0. The van der Waals surface area contributed by atoms with Crippen LogP contribution in [-0.4, -0.2) is 21.5 Å². The van der Waals surface area contributed by atoms with E-state index in [0.717, 1.165) is 5.56 Å². The van der Waals surface area contributed by atoms with Gasteiger partial charge in [0.1, 0.15) is 12.4 Å². The molecule has 0 amide bonds. The van der Waals surface area contributed by atoms with E-state index in [1.807, 2.05) is 0 Å². The van der Waals surface area contributed by atoms with Gasteiger partial charge in [0.05, 0.1) is 24.0 Å². The molecule has 0 unspecified atom stereocenters. The topological polar surface area (TPSA) is 82.8 Å². The predicted octanol–water partition coefficient (Wildman–Crippen LogP) is 3.62. The van der Waals surface area contributed by atoms with Crippen LogP contribution < -0.4 is 4.74 Å². The molecule has 7 heteroatoms. The van der Waals surface area contributed by atoms with Gasteiger partial charge in [-0.25, -0.2) is 13.2 Å². The molecule has 0 aliphatic carbocycles. The summed E-state index contributed by atoms with van der Waals surface area (Å²) in [6, 6.07) is 16.6. The van der Waals surface area contributed by atoms with Crippen molar-refractivity contribution in [3.8, 4) is 5.75 Å². The van der Waals surface area contributed by atoms with Gasteiger partial charge in [0.25, 0.3) is 0 Å². The lowest BCUT2D eigenvalue weighted by molar-refractivity contribution is 0.0435. The third-order valence-electron chi connectivity index (χ3n) is 3.91. The number of rotatable bonds is 7. The van der Waals surface area contributed by atoms with E-state index in [1.165, 1.54) is 24.5 Å². The normalized spacial score (nSPS) is 11.1. The van der Waals surface area contributed by atoms with Crippen molar-refractivity contribution in [2.45, 2.75) is 17.3 Å². The zero-order valence-electron chi connectivity index (χ0n) is 14.6. The standard InChI is InChI=1S/C20H18O6S/c1-24-17-9-7-15(8-10-17)13-26-20(21)19-16(11-12-25-19)14-27(22,23)18-5-3-2-4-6-18/h2-12H,13-14H2,1H3. The molecule has 0 bridgehead atoms. The van der Waals surface area contributed by atoms with Crippen LogP contribution in [0, 0.1) is 0 Å². The molecule has 0 atom stereocenters. The van der Waals surface area contributed by atoms with Crippen LogP contribution in [0.15, 0.2) is 76.2 Å². The molecule has 6 nitrogen and oxygen atoms in total. The van der Waals surface area contributed by atoms with Crippen LogP contribution in [0.5, 0.6) is 5.75 Å². The molecule has 0 saturated heterocycles. The number of carbonyl (C=O) groups is 1. The summed E-state index contributed by atoms with van der Waals surface area (Å²) in [5.41, 5.74) is 1.03. The molecule has 27 heavy (non-hydrogen) atoms. The molecule has 0 N–H and O–H groups in total. The minimum atomic E-state index is -3.60. The Bertz CT molecular complexity index is 1000. The molecule has 0 aliphatic rings. The Morgan fingerprint density at radius 2 is 1.70 bits per heavy atom. The SMILES string of the molecule is COc1ccc(COC(=O)c2occc2CS(=O)(=O)c2ccccc2)cc1. The van der Waals surface area contributed by atoms with Gasteiger partial charge in [-0.1, -0.05) is 30.3 Å². The van der Waals surface area contributed by atoms with Crippen LogP contribution in [-0.2, 0) is 26.9 Å². The second-order valence-electron chi connectivity index (χ2n) is 5.77. The smallest absolute Gasteiger partial charge is 0.374 e. The van der Waals surface area contributed by atoms with Crippen molar-refractivity contribution in [1.29, 1.82) is 0 Å². The first-order valence-corrected chi connectivity index (χ1v) is 9.79. The van der Waals surface area contributed by atoms with Gasteiger partial charge in [-0.2, -0.15) is 0 Å². The molecular formula is C20H18O6S. The Morgan fingerprint density at radius 1 is 1.00 bits per heavy atom. The zero-order chi connectivity index (χ0) is 19.3. The second kappa shape index (κ2) is 8.09. The first kappa shape index (κ1) is 18.7. The maximum absolute atomic E-state index is 12.5. The van der Waals surface area contributed by atoms with Gasteiger partial charge >= 0.3 is 5.97 Å². The highest BCUT2D eigenvalue weighted by molar-refractivity contribution is 7.90. The van der Waals surface area contributed by atoms with E-state index in [-0.39, 0.29) is 28.6 Å². The highest BCUT2D eigenvalue weighted by Gasteiger charge is 2.23. The molecule has 2 aromatic carbocycles. The zero-order valence-corrected chi connectivity index (χ0v) is 15.4. The number of hydrogen-bond donors (Lipinski definition) is 0. The second-order valence-corrected chi connectivity index (χ2v) is 7.76. The van der Waals surface area contributed by atoms with Crippen LogP contribution in [0.25, 0.3) is 0 Å². The minimum absolute atomic E-state index is 0.0361. The van der Waals surface area contributed by atoms with Crippen LogP contribution >= 0.6 is 0 Å². The highest BCUT2D eigenvalue weighted by Crippen LogP contribution is 2.21. The van der Waals surface area contributed by atoms with Gasteiger partial charge in [0.2, 0.25) is 5.76 Å². The van der Waals surface area contributed by atoms with Crippen LogP contribution in [0.3, 0.4) is 0 Å². The third kappa shape index (κ3) is 4.57. The number of esters is 1. The van der Waals surface area contributed by atoms with Crippen LogP contribution in [0.4, 0.5) is 0 Å². The summed E-state index contributed by atoms with van der Waals surface area (Å²) in [4.78, 5) is 12.5. The van der Waals surface area contributed by atoms with Crippen molar-refractivity contribution >= 4 is 15.8 Å². The number of furan rings is 1. The number of benzene rings is 2. The van der Waals surface area contributed by atoms with E-state index in [1.54, 1.807) is 49.6 Å². The third-order valence-corrected chi connectivity index (χ3v) is 5.59. The maximum Gasteiger partial charge on any atom is 0.374 e. The molecule has 3 rings (SSSR count). The molecule has 3 aromatic rings. The summed E-state index contributed by atoms with van der Waals surface area (Å²) >= 11 is 0. The summed E-state index contributed by atoms with van der Waals surface area (Å²) in [7, 11) is -2.03. The fourth-order valence-electron chi connectivity index (χ4n) is 2.48. The van der Waals surface area contributed by atoms with Crippen molar-refractivity contribution < 1.29 is 27.1 Å². The van der Waals surface area contributed by atoms with Crippen LogP contribution in [0.2, 0.25) is 0 Å². The fraction of sp³-hybridized carbons (Fsp3) is 0.150. The van der Waals surface area contributed by atoms with E-state index in [2.05, 4.69) is 0 Å². The Kier molecular flexibility index (Phi) is 5.61. The summed E-state index contributed by atoms with van der Waals surface area (Å²) in [5, 5.41) is 0. The molecule has 0 spiro atoms. The van der Waals surface area contributed by atoms with E-state index in [0.29, 0.717) is 5.75 Å². The first-order valence-electron chi connectivity index (χ1n) is 8.14. The highest BCUT2D eigenvalue weighted by atomic mass is 32.2. The number of sulfone groups is 1. The van der Waals surface area contributed by atoms with Crippen molar-refractivity contribution in [3.63, 3.8) is 0 Å². The summed E-state index contributed by atoms with van der Waals surface area (Å²) in [6.45, 7) is 0.0361. The Hall–Kier alpha value is -3.06. The molecule has 140 valence electrons. The Labute approximate surface area is 157 Å². The average Bonchev–Trinajstić information content (AvgIpc) is 3.14. The maximum atomic E-state index is 12.5. The lowest BCUT2D eigenvalue weighted by Gasteiger charge is -2.07. The van der Waals surface area contributed by atoms with Gasteiger partial charge in [0, 0.05) is 5.56 Å². The van der Waals surface area contributed by atoms with E-state index >= 15 is 0 Å². The summed E-state index contributed by atoms with van der Waals surface area (Å²) in [5.74, 6) is -0.470. The van der Waals surface area contributed by atoms with E-state index < -0.39 is 15.8 Å². The Morgan fingerprint density at radius 3 is 2.37 bits per heavy atom. The van der Waals surface area contributed by atoms with E-state index in [4.69, 9.17) is 13.9 Å². The van der Waals surface area contributed by atoms with E-state index in [9.17, 15) is 13.2 Å². The van der Waals surface area contributed by atoms with Gasteiger partial charge in [-0.05, 0) is 35.9 Å². The van der Waals surface area contributed by atoms with Crippen molar-refractivity contribution in [1.82, 2.24) is 0 Å². The summed E-state index contributed by atoms with van der Waals surface area (Å²) in [6.07, 6.45) is 1.28. The van der Waals surface area contributed by atoms with Gasteiger partial charge in [0.15, 0.2) is 9.84 Å². The van der Waals surface area contributed by atoms with Gasteiger partial charge < -0.3 is 13.9 Å². The minimum Gasteiger partial charge on any atom is -0.497 e. The number of carbonyl (C=O) groups excluding carboxylic acids is 1. The van der Waals surface area contributed by atoms with Gasteiger partial charge in [-0.3, -0.25) is 0 Å². The largest absolute Gasteiger partial charge is 0.497 e. The van der Waals surface area contributed by atoms with Gasteiger partial charge in [-0.15, -0.1) is 0 Å². The number of ether oxygens (including phenoxy) is 2. The lowest BCUT2D eigenvalue weighted by atomic mass is 10.2. The molecule has 1 heterocycles. The molecule has 0 saturated carbocycles. The van der Waals surface area contributed by atoms with Crippen molar-refractivity contribution in [2.75, 3.05) is 7.11 Å². The number of methoxy groups -OCH3 is 1. The average molecular weight is 386 g/mol. The lowest BCUT2D eigenvalue weighted by Crippen LogP contribution is -2.10. The quantitative estimate of drug-likeness (QED) is 0.577. The predicted molar refractivity (Wildman–Crippen MR) is 98.2 cm³/mol. The van der Waals surface area contributed by atoms with Crippen molar-refractivity contribution in [2.24, 2.45) is 0 Å². The number of hydrogen-bond acceptors (Lipinski definition) is 6. The monoisotopic (exact) mass is 386 g/mol. The molecular weight excluding hydrogens is 368 g/mol. The molecule has 0 radical (unpaired) electrons. The van der Waals surface area contributed by atoms with Crippen molar-refractivity contribution in [3.05, 3.63) is 83.8 Å². The van der Waals surface area contributed by atoms with Crippen LogP contribution in [0.1, 0.15) is 21.7 Å². The molecule has 0 aliphatic heterocycles.